The summed E-state index contributed by atoms with van der Waals surface area (Å²) < 4.78 is 2.28. The normalized spacial score (nSPS) is 15.2. The number of piperidine rings is 1. The molecular formula is C23H28N4O2S. The molecule has 0 radical (unpaired) electrons. The molecule has 4 rings (SSSR count). The van der Waals surface area contributed by atoms with E-state index in [4.69, 9.17) is 4.98 Å². The van der Waals surface area contributed by atoms with Crippen molar-refractivity contribution in [3.63, 3.8) is 0 Å². The van der Waals surface area contributed by atoms with Gasteiger partial charge in [0.25, 0.3) is 11.8 Å². The summed E-state index contributed by atoms with van der Waals surface area (Å²) in [5.74, 6) is 1.02. The van der Waals surface area contributed by atoms with Gasteiger partial charge in [0.2, 0.25) is 0 Å². The molecule has 1 saturated heterocycles. The van der Waals surface area contributed by atoms with Gasteiger partial charge in [-0.05, 0) is 75.7 Å². The van der Waals surface area contributed by atoms with Gasteiger partial charge in [-0.1, -0.05) is 0 Å². The maximum Gasteiger partial charge on any atom is 0.264 e. The summed E-state index contributed by atoms with van der Waals surface area (Å²) in [5.41, 5.74) is 3.58. The van der Waals surface area contributed by atoms with E-state index in [1.54, 1.807) is 0 Å². The zero-order chi connectivity index (χ0) is 21.4. The maximum absolute atomic E-state index is 12.8. The van der Waals surface area contributed by atoms with Gasteiger partial charge in [0, 0.05) is 30.7 Å². The highest BCUT2D eigenvalue weighted by Gasteiger charge is 2.27. The van der Waals surface area contributed by atoms with E-state index in [0.29, 0.717) is 11.6 Å². The number of hydrogen-bond acceptors (Lipinski definition) is 4. The predicted octanol–water partition coefficient (Wildman–Crippen LogP) is 4.33. The van der Waals surface area contributed by atoms with Crippen LogP contribution < -0.4 is 5.32 Å². The first-order chi connectivity index (χ1) is 14.3. The Bertz CT molecular complexity index is 1090. The lowest BCUT2D eigenvalue weighted by Crippen LogP contribution is -2.39. The first-order valence-electron chi connectivity index (χ1n) is 10.5. The van der Waals surface area contributed by atoms with E-state index in [1.165, 1.54) is 11.3 Å². The first-order valence-corrected chi connectivity index (χ1v) is 11.4. The lowest BCUT2D eigenvalue weighted by Gasteiger charge is -2.33. The molecule has 2 amide bonds. The van der Waals surface area contributed by atoms with E-state index < -0.39 is 0 Å². The van der Waals surface area contributed by atoms with Crippen LogP contribution >= 0.6 is 11.3 Å². The third-order valence-corrected chi connectivity index (χ3v) is 6.73. The molecule has 7 heteroatoms. The van der Waals surface area contributed by atoms with Gasteiger partial charge in [-0.25, -0.2) is 4.98 Å². The van der Waals surface area contributed by atoms with Crippen LogP contribution in [-0.4, -0.2) is 45.4 Å². The SMILES string of the molecule is Cc1ccsc1C(=O)N1CCC(n2c(C)nc3cc(C(=O)NC(C)C)ccc32)CC1. The number of thiophene rings is 1. The number of rotatable bonds is 4. The highest BCUT2D eigenvalue weighted by atomic mass is 32.1. The molecule has 0 saturated carbocycles. The largest absolute Gasteiger partial charge is 0.350 e. The summed E-state index contributed by atoms with van der Waals surface area (Å²) in [5, 5.41) is 4.91. The maximum atomic E-state index is 12.8. The molecule has 0 spiro atoms. The molecule has 0 atom stereocenters. The van der Waals surface area contributed by atoms with Gasteiger partial charge in [0.05, 0.1) is 15.9 Å². The Morgan fingerprint density at radius 3 is 2.53 bits per heavy atom. The lowest BCUT2D eigenvalue weighted by atomic mass is 10.0. The third kappa shape index (κ3) is 3.86. The summed E-state index contributed by atoms with van der Waals surface area (Å²) >= 11 is 1.52. The van der Waals surface area contributed by atoms with Crippen molar-refractivity contribution in [2.24, 2.45) is 0 Å². The second-order valence-corrected chi connectivity index (χ2v) is 9.23. The fourth-order valence-corrected chi connectivity index (χ4v) is 5.12. The van der Waals surface area contributed by atoms with E-state index in [-0.39, 0.29) is 17.9 Å². The van der Waals surface area contributed by atoms with Crippen LogP contribution in [-0.2, 0) is 0 Å². The van der Waals surface area contributed by atoms with Crippen LogP contribution in [0, 0.1) is 13.8 Å². The molecule has 1 N–H and O–H groups in total. The minimum Gasteiger partial charge on any atom is -0.350 e. The minimum atomic E-state index is -0.0743. The number of aromatic nitrogens is 2. The number of imidazole rings is 1. The summed E-state index contributed by atoms with van der Waals surface area (Å²) in [7, 11) is 0. The van der Waals surface area contributed by atoms with E-state index in [9.17, 15) is 9.59 Å². The summed E-state index contributed by atoms with van der Waals surface area (Å²) in [6.07, 6.45) is 1.80. The minimum absolute atomic E-state index is 0.0743. The molecule has 0 unspecified atom stereocenters. The number of benzene rings is 1. The molecule has 1 aromatic carbocycles. The van der Waals surface area contributed by atoms with Crippen molar-refractivity contribution in [3.05, 3.63) is 51.5 Å². The lowest BCUT2D eigenvalue weighted by molar-refractivity contribution is 0.0699. The highest BCUT2D eigenvalue weighted by molar-refractivity contribution is 7.12. The second-order valence-electron chi connectivity index (χ2n) is 8.32. The van der Waals surface area contributed by atoms with Gasteiger partial charge in [-0.2, -0.15) is 0 Å². The van der Waals surface area contributed by atoms with Gasteiger partial charge in [0.15, 0.2) is 0 Å². The van der Waals surface area contributed by atoms with Gasteiger partial charge >= 0.3 is 0 Å². The number of fused-ring (bicyclic) bond motifs is 1. The van der Waals surface area contributed by atoms with Crippen LogP contribution in [0.2, 0.25) is 0 Å². The summed E-state index contributed by atoms with van der Waals surface area (Å²) in [6.45, 7) is 9.40. The quantitative estimate of drug-likeness (QED) is 0.678. The molecule has 6 nitrogen and oxygen atoms in total. The Balaban J connectivity index is 1.51. The molecular weight excluding hydrogens is 396 g/mol. The number of carbonyl (C=O) groups is 2. The van der Waals surface area contributed by atoms with E-state index >= 15 is 0 Å². The van der Waals surface area contributed by atoms with E-state index in [2.05, 4.69) is 9.88 Å². The Labute approximate surface area is 180 Å². The molecule has 158 valence electrons. The number of carbonyl (C=O) groups excluding carboxylic acids is 2. The van der Waals surface area contributed by atoms with Crippen molar-refractivity contribution >= 4 is 34.2 Å². The van der Waals surface area contributed by atoms with Crippen molar-refractivity contribution in [3.8, 4) is 0 Å². The highest BCUT2D eigenvalue weighted by Crippen LogP contribution is 2.30. The monoisotopic (exact) mass is 424 g/mol. The molecule has 1 fully saturated rings. The van der Waals surface area contributed by atoms with Crippen LogP contribution in [0.5, 0.6) is 0 Å². The van der Waals surface area contributed by atoms with Gasteiger partial charge < -0.3 is 14.8 Å². The van der Waals surface area contributed by atoms with Crippen LogP contribution in [0.3, 0.4) is 0 Å². The third-order valence-electron chi connectivity index (χ3n) is 5.72. The van der Waals surface area contributed by atoms with Crippen molar-refractivity contribution in [2.45, 2.75) is 52.6 Å². The smallest absolute Gasteiger partial charge is 0.264 e. The molecule has 0 aliphatic carbocycles. The van der Waals surface area contributed by atoms with Crippen molar-refractivity contribution in [1.82, 2.24) is 19.8 Å². The fourth-order valence-electron chi connectivity index (χ4n) is 4.23. The molecule has 3 heterocycles. The average molecular weight is 425 g/mol. The van der Waals surface area contributed by atoms with Gasteiger partial charge in [-0.3, -0.25) is 9.59 Å². The zero-order valence-electron chi connectivity index (χ0n) is 17.9. The Kier molecular flexibility index (Phi) is 5.64. The van der Waals surface area contributed by atoms with Crippen LogP contribution in [0.25, 0.3) is 11.0 Å². The molecule has 2 aromatic heterocycles. The Morgan fingerprint density at radius 1 is 1.17 bits per heavy atom. The Morgan fingerprint density at radius 2 is 1.90 bits per heavy atom. The molecule has 30 heavy (non-hydrogen) atoms. The Hall–Kier alpha value is -2.67. The van der Waals surface area contributed by atoms with Gasteiger partial charge in [0.1, 0.15) is 5.82 Å². The topological polar surface area (TPSA) is 67.2 Å². The predicted molar refractivity (Wildman–Crippen MR) is 120 cm³/mol. The average Bonchev–Trinajstić information content (AvgIpc) is 3.28. The molecule has 1 aliphatic rings. The fraction of sp³-hybridized carbons (Fsp3) is 0.435. The van der Waals surface area contributed by atoms with Crippen LogP contribution in [0.15, 0.2) is 29.6 Å². The standard InChI is InChI=1S/C23H28N4O2S/c1-14(2)24-22(28)17-5-6-20-19(13-17)25-16(4)27(20)18-7-10-26(11-8-18)23(29)21-15(3)9-12-30-21/h5-6,9,12-14,18H,7-8,10-11H2,1-4H3,(H,24,28). The number of amides is 2. The van der Waals surface area contributed by atoms with Gasteiger partial charge in [-0.15, -0.1) is 11.3 Å². The number of hydrogen-bond donors (Lipinski definition) is 1. The van der Waals surface area contributed by atoms with Crippen molar-refractivity contribution in [1.29, 1.82) is 0 Å². The number of nitrogens with zero attached hydrogens (tertiary/aromatic N) is 3. The van der Waals surface area contributed by atoms with Crippen LogP contribution in [0.4, 0.5) is 0 Å². The molecule has 3 aromatic rings. The van der Waals surface area contributed by atoms with Crippen molar-refractivity contribution < 1.29 is 9.59 Å². The number of aryl methyl sites for hydroxylation is 2. The molecule has 1 aliphatic heterocycles. The summed E-state index contributed by atoms with van der Waals surface area (Å²) in [6, 6.07) is 8.14. The van der Waals surface area contributed by atoms with E-state index in [0.717, 1.165) is 53.2 Å². The van der Waals surface area contributed by atoms with E-state index in [1.807, 2.05) is 62.2 Å². The first kappa shape index (κ1) is 20.6. The second kappa shape index (κ2) is 8.22. The molecule has 0 bridgehead atoms. The van der Waals surface area contributed by atoms with Crippen molar-refractivity contribution in [2.75, 3.05) is 13.1 Å². The number of likely N-dealkylation sites (tertiary alicyclic amines) is 1. The summed E-state index contributed by atoms with van der Waals surface area (Å²) in [4.78, 5) is 32.7. The zero-order valence-corrected chi connectivity index (χ0v) is 18.8. The number of nitrogens with one attached hydrogen (secondary N) is 1. The van der Waals surface area contributed by atoms with Crippen LogP contribution in [0.1, 0.15) is 64.1 Å².